The monoisotopic (exact) mass is 292 g/mol. The van der Waals surface area contributed by atoms with Gasteiger partial charge in [-0.15, -0.1) is 11.8 Å². The molecule has 2 rings (SSSR count). The third-order valence-corrected chi connectivity index (χ3v) is 3.74. The fourth-order valence-corrected chi connectivity index (χ4v) is 2.34. The fraction of sp³-hybridized carbons (Fsp3) is 0.0714. The van der Waals surface area contributed by atoms with Crippen molar-refractivity contribution in [2.24, 2.45) is 0 Å². The molecule has 5 heteroatoms. The van der Waals surface area contributed by atoms with E-state index >= 15 is 0 Å². The molecule has 2 aromatic rings. The van der Waals surface area contributed by atoms with Crippen molar-refractivity contribution in [2.45, 2.75) is 4.90 Å². The Morgan fingerprint density at radius 2 is 2.00 bits per heavy atom. The van der Waals surface area contributed by atoms with Crippen LogP contribution in [0.5, 0.6) is 0 Å². The van der Waals surface area contributed by atoms with Crippen molar-refractivity contribution in [3.8, 4) is 0 Å². The van der Waals surface area contributed by atoms with E-state index in [1.165, 1.54) is 0 Å². The number of halogens is 1. The van der Waals surface area contributed by atoms with Crippen LogP contribution in [0.15, 0.2) is 47.4 Å². The van der Waals surface area contributed by atoms with E-state index in [1.807, 2.05) is 30.5 Å². The van der Waals surface area contributed by atoms with E-state index < -0.39 is 0 Å². The van der Waals surface area contributed by atoms with Crippen molar-refractivity contribution in [2.75, 3.05) is 17.3 Å². The third kappa shape index (κ3) is 3.22. The zero-order valence-corrected chi connectivity index (χ0v) is 11.9. The molecule has 0 aliphatic carbocycles. The Bertz CT molecular complexity index is 616. The van der Waals surface area contributed by atoms with Crippen LogP contribution in [0.3, 0.4) is 0 Å². The molecule has 0 aliphatic rings. The van der Waals surface area contributed by atoms with Crippen molar-refractivity contribution in [3.63, 3.8) is 0 Å². The summed E-state index contributed by atoms with van der Waals surface area (Å²) in [4.78, 5) is 13.1. The summed E-state index contributed by atoms with van der Waals surface area (Å²) in [6, 6.07) is 12.5. The van der Waals surface area contributed by atoms with Gasteiger partial charge in [-0.25, -0.2) is 0 Å². The van der Waals surface area contributed by atoms with E-state index in [-0.39, 0.29) is 5.91 Å². The van der Waals surface area contributed by atoms with E-state index in [9.17, 15) is 4.79 Å². The van der Waals surface area contributed by atoms with Gasteiger partial charge in [-0.1, -0.05) is 23.7 Å². The second-order valence-corrected chi connectivity index (χ2v) is 5.15. The fourth-order valence-electron chi connectivity index (χ4n) is 1.61. The molecule has 0 unspecified atom stereocenters. The summed E-state index contributed by atoms with van der Waals surface area (Å²) in [7, 11) is 0. The highest BCUT2D eigenvalue weighted by Gasteiger charge is 2.09. The van der Waals surface area contributed by atoms with E-state index in [0.717, 1.165) is 10.6 Å². The minimum Gasteiger partial charge on any atom is -0.398 e. The predicted molar refractivity (Wildman–Crippen MR) is 82.0 cm³/mol. The number of rotatable bonds is 3. The molecule has 1 amide bonds. The zero-order chi connectivity index (χ0) is 13.8. The van der Waals surface area contributed by atoms with Crippen molar-refractivity contribution in [1.29, 1.82) is 0 Å². The Balaban J connectivity index is 2.23. The van der Waals surface area contributed by atoms with Crippen LogP contribution in [0.4, 0.5) is 11.4 Å². The molecule has 0 bridgehead atoms. The lowest BCUT2D eigenvalue weighted by Gasteiger charge is -2.09. The first kappa shape index (κ1) is 13.8. The maximum absolute atomic E-state index is 12.1. The van der Waals surface area contributed by atoms with Crippen molar-refractivity contribution < 1.29 is 4.79 Å². The van der Waals surface area contributed by atoms with Gasteiger partial charge in [-0.05, 0) is 36.6 Å². The summed E-state index contributed by atoms with van der Waals surface area (Å²) in [5.41, 5.74) is 7.35. The van der Waals surface area contributed by atoms with Gasteiger partial charge in [0.05, 0.1) is 16.4 Å². The highest BCUT2D eigenvalue weighted by molar-refractivity contribution is 7.98. The van der Waals surface area contributed by atoms with Crippen LogP contribution in [0.2, 0.25) is 5.02 Å². The largest absolute Gasteiger partial charge is 0.398 e. The number of carbonyl (C=O) groups excluding carboxylic acids is 1. The van der Waals surface area contributed by atoms with Crippen LogP contribution in [0.1, 0.15) is 10.4 Å². The van der Waals surface area contributed by atoms with Crippen LogP contribution < -0.4 is 11.1 Å². The van der Waals surface area contributed by atoms with Crippen molar-refractivity contribution >= 4 is 40.6 Å². The number of nitrogens with one attached hydrogen (secondary N) is 1. The molecular weight excluding hydrogens is 280 g/mol. The van der Waals surface area contributed by atoms with Crippen LogP contribution in [0, 0.1) is 0 Å². The van der Waals surface area contributed by atoms with Gasteiger partial charge in [-0.3, -0.25) is 4.79 Å². The molecule has 0 saturated heterocycles. The molecule has 0 fully saturated rings. The van der Waals surface area contributed by atoms with Gasteiger partial charge in [0.1, 0.15) is 0 Å². The first-order chi connectivity index (χ1) is 9.11. The maximum Gasteiger partial charge on any atom is 0.255 e. The number of carbonyl (C=O) groups is 1. The SMILES string of the molecule is CSc1ccccc1NC(=O)c1ccc(N)c(Cl)c1. The number of anilines is 2. The Morgan fingerprint density at radius 3 is 2.68 bits per heavy atom. The highest BCUT2D eigenvalue weighted by Crippen LogP contribution is 2.26. The van der Waals surface area contributed by atoms with Crippen LogP contribution in [0.25, 0.3) is 0 Å². The summed E-state index contributed by atoms with van der Waals surface area (Å²) in [6.07, 6.45) is 1.96. The van der Waals surface area contributed by atoms with E-state index in [1.54, 1.807) is 30.0 Å². The van der Waals surface area contributed by atoms with Crippen molar-refractivity contribution in [1.82, 2.24) is 0 Å². The molecule has 19 heavy (non-hydrogen) atoms. The second-order valence-electron chi connectivity index (χ2n) is 3.89. The third-order valence-electron chi connectivity index (χ3n) is 2.62. The number of nitrogen functional groups attached to an aromatic ring is 1. The van der Waals surface area contributed by atoms with Gasteiger partial charge >= 0.3 is 0 Å². The molecule has 0 aromatic heterocycles. The quantitative estimate of drug-likeness (QED) is 0.666. The molecule has 0 radical (unpaired) electrons. The van der Waals surface area contributed by atoms with Crippen LogP contribution >= 0.6 is 23.4 Å². The summed E-state index contributed by atoms with van der Waals surface area (Å²) < 4.78 is 0. The average molecular weight is 293 g/mol. The van der Waals surface area contributed by atoms with Gasteiger partial charge in [0.25, 0.3) is 5.91 Å². The van der Waals surface area contributed by atoms with E-state index in [2.05, 4.69) is 5.32 Å². The molecule has 98 valence electrons. The normalized spacial score (nSPS) is 10.2. The first-order valence-corrected chi connectivity index (χ1v) is 7.21. The minimum absolute atomic E-state index is 0.205. The average Bonchev–Trinajstić information content (AvgIpc) is 2.42. The lowest BCUT2D eigenvalue weighted by Crippen LogP contribution is -2.12. The Kier molecular flexibility index (Phi) is 4.35. The van der Waals surface area contributed by atoms with Gasteiger partial charge in [-0.2, -0.15) is 0 Å². The Morgan fingerprint density at radius 1 is 1.26 bits per heavy atom. The van der Waals surface area contributed by atoms with Gasteiger partial charge in [0.2, 0.25) is 0 Å². The number of hydrogen-bond acceptors (Lipinski definition) is 3. The Hall–Kier alpha value is -1.65. The molecule has 0 spiro atoms. The Labute approximate surface area is 121 Å². The number of para-hydroxylation sites is 1. The molecule has 0 heterocycles. The number of thioether (sulfide) groups is 1. The molecule has 3 nitrogen and oxygen atoms in total. The minimum atomic E-state index is -0.205. The summed E-state index contributed by atoms with van der Waals surface area (Å²) in [6.45, 7) is 0. The highest BCUT2D eigenvalue weighted by atomic mass is 35.5. The number of amides is 1. The number of nitrogens with two attached hydrogens (primary N) is 1. The van der Waals surface area contributed by atoms with E-state index in [4.69, 9.17) is 17.3 Å². The van der Waals surface area contributed by atoms with Crippen LogP contribution in [-0.2, 0) is 0 Å². The summed E-state index contributed by atoms with van der Waals surface area (Å²) >= 11 is 7.49. The topological polar surface area (TPSA) is 55.1 Å². The maximum atomic E-state index is 12.1. The lowest BCUT2D eigenvalue weighted by molar-refractivity contribution is 0.102. The van der Waals surface area contributed by atoms with Gasteiger partial charge in [0, 0.05) is 10.5 Å². The standard InChI is InChI=1S/C14H13ClN2OS/c1-19-13-5-3-2-4-12(13)17-14(18)9-6-7-11(16)10(15)8-9/h2-8H,16H2,1H3,(H,17,18). The first-order valence-electron chi connectivity index (χ1n) is 5.61. The van der Waals surface area contributed by atoms with Gasteiger partial charge in [0.15, 0.2) is 0 Å². The van der Waals surface area contributed by atoms with Crippen molar-refractivity contribution in [3.05, 3.63) is 53.1 Å². The molecule has 3 N–H and O–H groups in total. The summed E-state index contributed by atoms with van der Waals surface area (Å²) in [5, 5.41) is 3.25. The molecule has 0 atom stereocenters. The van der Waals surface area contributed by atoms with E-state index in [0.29, 0.717) is 16.3 Å². The molecule has 0 saturated carbocycles. The lowest BCUT2D eigenvalue weighted by atomic mass is 10.2. The second kappa shape index (κ2) is 5.99. The molecule has 2 aromatic carbocycles. The van der Waals surface area contributed by atoms with Crippen LogP contribution in [-0.4, -0.2) is 12.2 Å². The zero-order valence-electron chi connectivity index (χ0n) is 10.3. The number of benzene rings is 2. The predicted octanol–water partition coefficient (Wildman–Crippen LogP) is 3.90. The molecule has 0 aliphatic heterocycles. The molecular formula is C14H13ClN2OS. The van der Waals surface area contributed by atoms with Gasteiger partial charge < -0.3 is 11.1 Å². The smallest absolute Gasteiger partial charge is 0.255 e. The number of hydrogen-bond donors (Lipinski definition) is 2. The summed E-state index contributed by atoms with van der Waals surface area (Å²) in [5.74, 6) is -0.205.